The van der Waals surface area contributed by atoms with Crippen LogP contribution in [0.4, 0.5) is 5.95 Å². The predicted molar refractivity (Wildman–Crippen MR) is 116 cm³/mol. The van der Waals surface area contributed by atoms with Crippen LogP contribution in [-0.2, 0) is 0 Å². The number of hydrogen-bond acceptors (Lipinski definition) is 4. The lowest BCUT2D eigenvalue weighted by molar-refractivity contribution is 0.0951. The molecule has 0 radical (unpaired) electrons. The molecule has 0 bridgehead atoms. The number of benzene rings is 2. The number of H-pyrrole nitrogens is 1. The molecule has 0 fully saturated rings. The molecule has 0 saturated carbocycles. The topological polar surface area (TPSA) is 82.7 Å². The maximum absolute atomic E-state index is 12.6. The van der Waals surface area contributed by atoms with Crippen molar-refractivity contribution in [3.63, 3.8) is 0 Å². The minimum atomic E-state index is -0.232. The maximum atomic E-state index is 12.6. The number of nitrogens with one attached hydrogen (secondary N) is 3. The van der Waals surface area contributed by atoms with E-state index < -0.39 is 0 Å². The van der Waals surface area contributed by atoms with Gasteiger partial charge in [-0.3, -0.25) is 4.79 Å². The molecule has 2 heterocycles. The molecular formula is C22H20ClN5O. The van der Waals surface area contributed by atoms with Gasteiger partial charge in [0.2, 0.25) is 5.95 Å². The molecule has 0 saturated heterocycles. The summed E-state index contributed by atoms with van der Waals surface area (Å²) in [5, 5.41) is 7.61. The fraction of sp³-hybridized carbons (Fsp3) is 0.136. The van der Waals surface area contributed by atoms with Crippen molar-refractivity contribution in [2.45, 2.75) is 5.92 Å². The largest absolute Gasteiger partial charge is 0.361 e. The van der Waals surface area contributed by atoms with E-state index >= 15 is 0 Å². The number of aromatic nitrogens is 3. The van der Waals surface area contributed by atoms with Gasteiger partial charge < -0.3 is 15.6 Å². The zero-order valence-corrected chi connectivity index (χ0v) is 16.6. The van der Waals surface area contributed by atoms with E-state index in [-0.39, 0.29) is 11.8 Å². The molecule has 0 aliphatic rings. The summed E-state index contributed by atoms with van der Waals surface area (Å²) in [7, 11) is 1.73. The third kappa shape index (κ3) is 3.93. The molecule has 0 aliphatic carbocycles. The van der Waals surface area contributed by atoms with Crippen molar-refractivity contribution >= 4 is 34.4 Å². The molecule has 0 spiro atoms. The Kier molecular flexibility index (Phi) is 5.44. The Morgan fingerprint density at radius 1 is 1.07 bits per heavy atom. The Bertz CT molecular complexity index is 1140. The van der Waals surface area contributed by atoms with E-state index in [0.29, 0.717) is 23.1 Å². The van der Waals surface area contributed by atoms with Crippen LogP contribution in [0, 0.1) is 0 Å². The number of halogens is 1. The van der Waals surface area contributed by atoms with Crippen LogP contribution in [0.15, 0.2) is 67.1 Å². The molecule has 2 aromatic heterocycles. The van der Waals surface area contributed by atoms with Crippen LogP contribution in [0.2, 0.25) is 5.02 Å². The number of aromatic amines is 1. The molecule has 7 heteroatoms. The number of carbonyl (C=O) groups excluding carboxylic acids is 1. The summed E-state index contributed by atoms with van der Waals surface area (Å²) >= 11 is 6.50. The van der Waals surface area contributed by atoms with Crippen LogP contribution in [0.5, 0.6) is 0 Å². The quantitative estimate of drug-likeness (QED) is 0.448. The molecule has 0 aliphatic heterocycles. The van der Waals surface area contributed by atoms with Crippen molar-refractivity contribution in [1.29, 1.82) is 0 Å². The number of rotatable bonds is 6. The van der Waals surface area contributed by atoms with Crippen molar-refractivity contribution in [3.05, 3.63) is 88.8 Å². The highest BCUT2D eigenvalue weighted by Crippen LogP contribution is 2.34. The number of nitrogens with zero attached hydrogens (tertiary/aromatic N) is 2. The number of fused-ring (bicyclic) bond motifs is 1. The minimum absolute atomic E-state index is 0.110. The fourth-order valence-electron chi connectivity index (χ4n) is 3.40. The van der Waals surface area contributed by atoms with Crippen molar-refractivity contribution in [2.24, 2.45) is 0 Å². The summed E-state index contributed by atoms with van der Waals surface area (Å²) in [4.78, 5) is 24.2. The van der Waals surface area contributed by atoms with Gasteiger partial charge >= 0.3 is 0 Å². The van der Waals surface area contributed by atoms with Crippen molar-refractivity contribution in [3.8, 4) is 0 Å². The lowest BCUT2D eigenvalue weighted by atomic mass is 9.90. The second-order valence-corrected chi connectivity index (χ2v) is 7.03. The van der Waals surface area contributed by atoms with Gasteiger partial charge in [0.05, 0.1) is 5.56 Å². The molecule has 2 aromatic carbocycles. The lowest BCUT2D eigenvalue weighted by Crippen LogP contribution is -2.29. The third-order valence-corrected chi connectivity index (χ3v) is 5.23. The lowest BCUT2D eigenvalue weighted by Gasteiger charge is -2.19. The molecule has 6 nitrogen and oxygen atoms in total. The molecule has 1 unspecified atom stereocenters. The predicted octanol–water partition coefficient (Wildman–Crippen LogP) is 4.21. The first kappa shape index (κ1) is 19.0. The van der Waals surface area contributed by atoms with Gasteiger partial charge in [-0.1, -0.05) is 48.0 Å². The van der Waals surface area contributed by atoms with E-state index in [1.54, 1.807) is 7.05 Å². The normalized spacial score (nSPS) is 11.9. The Morgan fingerprint density at radius 2 is 1.79 bits per heavy atom. The van der Waals surface area contributed by atoms with Gasteiger partial charge in [0.25, 0.3) is 5.91 Å². The number of hydrogen-bond donors (Lipinski definition) is 3. The molecule has 146 valence electrons. The Hall–Kier alpha value is -3.38. The zero-order valence-electron chi connectivity index (χ0n) is 15.8. The van der Waals surface area contributed by atoms with E-state index in [1.165, 1.54) is 12.4 Å². The second-order valence-electron chi connectivity index (χ2n) is 6.62. The second kappa shape index (κ2) is 8.32. The number of amides is 1. The van der Waals surface area contributed by atoms with E-state index in [0.717, 1.165) is 22.0 Å². The average Bonchev–Trinajstić information content (AvgIpc) is 3.19. The monoisotopic (exact) mass is 405 g/mol. The Balaban J connectivity index is 1.64. The van der Waals surface area contributed by atoms with Gasteiger partial charge in [0.1, 0.15) is 0 Å². The van der Waals surface area contributed by atoms with Crippen LogP contribution in [0.3, 0.4) is 0 Å². The molecule has 3 N–H and O–H groups in total. The van der Waals surface area contributed by atoms with Gasteiger partial charge in [-0.05, 0) is 23.3 Å². The standard InChI is InChI=1S/C22H20ClN5O/c1-24-22-27-10-14(11-28-22)21(29)26-13-17(15-6-2-4-8-19(15)23)18-12-25-20-9-5-3-7-16(18)20/h2-12,17,25H,13H2,1H3,(H,26,29)(H,24,27,28). The van der Waals surface area contributed by atoms with E-state index in [2.05, 4.69) is 31.7 Å². The van der Waals surface area contributed by atoms with E-state index in [9.17, 15) is 4.79 Å². The van der Waals surface area contributed by atoms with Crippen molar-refractivity contribution in [2.75, 3.05) is 18.9 Å². The first-order valence-corrected chi connectivity index (χ1v) is 9.63. The van der Waals surface area contributed by atoms with Crippen molar-refractivity contribution in [1.82, 2.24) is 20.3 Å². The summed E-state index contributed by atoms with van der Waals surface area (Å²) in [6.45, 7) is 0.387. The zero-order chi connectivity index (χ0) is 20.2. The third-order valence-electron chi connectivity index (χ3n) is 4.88. The Morgan fingerprint density at radius 3 is 2.55 bits per heavy atom. The fourth-order valence-corrected chi connectivity index (χ4v) is 3.67. The minimum Gasteiger partial charge on any atom is -0.361 e. The van der Waals surface area contributed by atoms with Crippen molar-refractivity contribution < 1.29 is 4.79 Å². The van der Waals surface area contributed by atoms with Gasteiger partial charge in [-0.15, -0.1) is 0 Å². The summed E-state index contributed by atoms with van der Waals surface area (Å²) in [5.74, 6) is 0.125. The first-order valence-electron chi connectivity index (χ1n) is 9.26. The first-order chi connectivity index (χ1) is 14.2. The van der Waals surface area contributed by atoms with Crippen LogP contribution < -0.4 is 10.6 Å². The van der Waals surface area contributed by atoms with Crippen LogP contribution >= 0.6 is 11.6 Å². The highest BCUT2D eigenvalue weighted by molar-refractivity contribution is 6.31. The van der Waals surface area contributed by atoms with Crippen LogP contribution in [0.25, 0.3) is 10.9 Å². The smallest absolute Gasteiger partial charge is 0.254 e. The van der Waals surface area contributed by atoms with Crippen LogP contribution in [-0.4, -0.2) is 34.5 Å². The summed E-state index contributed by atoms with van der Waals surface area (Å²) < 4.78 is 0. The van der Waals surface area contributed by atoms with Gasteiger partial charge in [-0.25, -0.2) is 9.97 Å². The molecule has 29 heavy (non-hydrogen) atoms. The molecule has 4 aromatic rings. The van der Waals surface area contributed by atoms with Gasteiger partial charge in [0, 0.05) is 54.0 Å². The Labute approximate surface area is 173 Å². The van der Waals surface area contributed by atoms with E-state index in [4.69, 9.17) is 11.6 Å². The molecular weight excluding hydrogens is 386 g/mol. The molecule has 1 atom stereocenters. The molecule has 1 amide bonds. The number of para-hydroxylation sites is 1. The van der Waals surface area contributed by atoms with E-state index in [1.807, 2.05) is 48.7 Å². The summed E-state index contributed by atoms with van der Waals surface area (Å²) in [6.07, 6.45) is 4.99. The maximum Gasteiger partial charge on any atom is 0.254 e. The van der Waals surface area contributed by atoms with Gasteiger partial charge in [0.15, 0.2) is 0 Å². The van der Waals surface area contributed by atoms with Gasteiger partial charge in [-0.2, -0.15) is 0 Å². The average molecular weight is 406 g/mol. The molecule has 4 rings (SSSR count). The number of carbonyl (C=O) groups is 1. The summed E-state index contributed by atoms with van der Waals surface area (Å²) in [6, 6.07) is 15.8. The SMILES string of the molecule is CNc1ncc(C(=O)NCC(c2ccccc2Cl)c2c[nH]c3ccccc23)cn1. The number of anilines is 1. The highest BCUT2D eigenvalue weighted by atomic mass is 35.5. The van der Waals surface area contributed by atoms with Crippen LogP contribution in [0.1, 0.15) is 27.4 Å². The highest BCUT2D eigenvalue weighted by Gasteiger charge is 2.21. The summed E-state index contributed by atoms with van der Waals surface area (Å²) in [5.41, 5.74) is 3.49.